The molecule has 2 aromatic rings. The van der Waals surface area contributed by atoms with Crippen LogP contribution in [0.4, 0.5) is 0 Å². The summed E-state index contributed by atoms with van der Waals surface area (Å²) in [6.07, 6.45) is 1.31. The smallest absolute Gasteiger partial charge is 0.216 e. The molecule has 2 aromatic carbocycles. The van der Waals surface area contributed by atoms with Gasteiger partial charge < -0.3 is 4.74 Å². The lowest BCUT2D eigenvalue weighted by Crippen LogP contribution is -2.03. The number of sulfone groups is 1. The van der Waals surface area contributed by atoms with Crippen LogP contribution in [0.15, 0.2) is 58.3 Å². The molecule has 6 heteroatoms. The summed E-state index contributed by atoms with van der Waals surface area (Å²) < 4.78 is 30.2. The van der Waals surface area contributed by atoms with Crippen LogP contribution in [0.1, 0.15) is 11.1 Å². The van der Waals surface area contributed by atoms with E-state index in [0.29, 0.717) is 11.3 Å². The summed E-state index contributed by atoms with van der Waals surface area (Å²) in [6, 6.07) is 16.4. The first-order valence-electron chi connectivity index (χ1n) is 7.01. The third kappa shape index (κ3) is 4.01. The van der Waals surface area contributed by atoms with Gasteiger partial charge >= 0.3 is 0 Å². The van der Waals surface area contributed by atoms with Crippen molar-refractivity contribution < 1.29 is 13.2 Å². The Morgan fingerprint density at radius 2 is 1.71 bits per heavy atom. The van der Waals surface area contributed by atoms with Crippen LogP contribution in [0, 0.1) is 29.6 Å². The summed E-state index contributed by atoms with van der Waals surface area (Å²) in [5, 5.41) is 17.7. The number of ether oxygens (including phenoxy) is 1. The first kappa shape index (κ1) is 17.3. The molecule has 0 aliphatic heterocycles. The Bertz CT molecular complexity index is 930. The molecular formula is C18H14N2O3S. The minimum Gasteiger partial charge on any atom is -0.479 e. The van der Waals surface area contributed by atoms with E-state index in [9.17, 15) is 13.7 Å². The topological polar surface area (TPSA) is 90.9 Å². The van der Waals surface area contributed by atoms with Crippen LogP contribution < -0.4 is 4.74 Å². The van der Waals surface area contributed by atoms with Crippen molar-refractivity contribution in [1.29, 1.82) is 10.5 Å². The number of aryl methyl sites for hydroxylation is 1. The molecule has 0 radical (unpaired) electrons. The van der Waals surface area contributed by atoms with Crippen LogP contribution in [-0.4, -0.2) is 15.0 Å². The van der Waals surface area contributed by atoms with Gasteiger partial charge in [-0.25, -0.2) is 8.42 Å². The second-order valence-electron chi connectivity index (χ2n) is 4.95. The van der Waals surface area contributed by atoms with Crippen molar-refractivity contribution >= 4 is 15.9 Å². The van der Waals surface area contributed by atoms with Crippen molar-refractivity contribution in [3.63, 3.8) is 0 Å². The fourth-order valence-corrected chi connectivity index (χ4v) is 3.10. The van der Waals surface area contributed by atoms with E-state index in [2.05, 4.69) is 0 Å². The van der Waals surface area contributed by atoms with Crippen molar-refractivity contribution in [3.8, 4) is 17.9 Å². The fraction of sp³-hybridized carbons (Fsp3) is 0.111. The zero-order chi connectivity index (χ0) is 17.6. The third-order valence-corrected chi connectivity index (χ3v) is 4.89. The summed E-state index contributed by atoms with van der Waals surface area (Å²) >= 11 is 0. The van der Waals surface area contributed by atoms with Gasteiger partial charge in [-0.3, -0.25) is 0 Å². The summed E-state index contributed by atoms with van der Waals surface area (Å²) in [5.41, 5.74) is 1.48. The molecule has 2 rings (SSSR count). The molecule has 0 unspecified atom stereocenters. The third-order valence-electron chi connectivity index (χ3n) is 3.21. The van der Waals surface area contributed by atoms with Gasteiger partial charge in [-0.1, -0.05) is 29.8 Å². The van der Waals surface area contributed by atoms with E-state index in [1.54, 1.807) is 42.5 Å². The zero-order valence-corrected chi connectivity index (χ0v) is 13.7. The number of nitrogens with zero attached hydrogens (tertiary/aromatic N) is 2. The summed E-state index contributed by atoms with van der Waals surface area (Å²) in [5.74, 6) is 0.494. The Morgan fingerprint density at radius 3 is 2.25 bits per heavy atom. The first-order chi connectivity index (χ1) is 11.5. The van der Waals surface area contributed by atoms with Gasteiger partial charge in [0.1, 0.15) is 22.8 Å². The summed E-state index contributed by atoms with van der Waals surface area (Å²) in [6.45, 7) is 1.79. The van der Waals surface area contributed by atoms with E-state index < -0.39 is 9.84 Å². The van der Waals surface area contributed by atoms with Crippen LogP contribution in [0.2, 0.25) is 0 Å². The maximum absolute atomic E-state index is 12.5. The van der Waals surface area contributed by atoms with Crippen molar-refractivity contribution in [2.45, 2.75) is 11.8 Å². The first-order valence-corrected chi connectivity index (χ1v) is 8.49. The maximum Gasteiger partial charge on any atom is 0.216 e. The molecule has 0 aliphatic rings. The van der Waals surface area contributed by atoms with E-state index >= 15 is 0 Å². The monoisotopic (exact) mass is 338 g/mol. The van der Waals surface area contributed by atoms with Gasteiger partial charge in [0.25, 0.3) is 0 Å². The van der Waals surface area contributed by atoms with Crippen LogP contribution >= 0.6 is 0 Å². The standard InChI is InChI=1S/C18H14N2O3S/c1-14-2-8-17(9-3-14)24(21,22)18(13-20)12-15-4-6-16(7-5-15)23-11-10-19/h2-9,12H,11H2,1H3/b18-12+. The molecule has 24 heavy (non-hydrogen) atoms. The van der Waals surface area contributed by atoms with Crippen LogP contribution in [0.3, 0.4) is 0 Å². The largest absolute Gasteiger partial charge is 0.479 e. The molecule has 0 atom stereocenters. The molecule has 120 valence electrons. The lowest BCUT2D eigenvalue weighted by molar-refractivity contribution is 0.368. The highest BCUT2D eigenvalue weighted by Crippen LogP contribution is 2.22. The van der Waals surface area contributed by atoms with Gasteiger partial charge in [0.15, 0.2) is 6.61 Å². The molecule has 0 saturated carbocycles. The fourth-order valence-electron chi connectivity index (χ4n) is 1.94. The molecule has 5 nitrogen and oxygen atoms in total. The second-order valence-corrected chi connectivity index (χ2v) is 6.87. The predicted octanol–water partition coefficient (Wildman–Crippen LogP) is 3.24. The lowest BCUT2D eigenvalue weighted by atomic mass is 10.2. The van der Waals surface area contributed by atoms with Gasteiger partial charge in [-0.15, -0.1) is 0 Å². The average molecular weight is 338 g/mol. The molecular weight excluding hydrogens is 324 g/mol. The Labute approximate surface area is 141 Å². The highest BCUT2D eigenvalue weighted by Gasteiger charge is 2.20. The van der Waals surface area contributed by atoms with E-state index in [1.165, 1.54) is 18.2 Å². The highest BCUT2D eigenvalue weighted by atomic mass is 32.2. The maximum atomic E-state index is 12.5. The average Bonchev–Trinajstić information content (AvgIpc) is 2.59. The van der Waals surface area contributed by atoms with Crippen LogP contribution in [-0.2, 0) is 9.84 Å². The molecule has 0 heterocycles. The molecule has 0 amide bonds. The molecule has 0 spiro atoms. The second kappa shape index (κ2) is 7.45. The van der Waals surface area contributed by atoms with Crippen molar-refractivity contribution in [2.75, 3.05) is 6.61 Å². The van der Waals surface area contributed by atoms with Gasteiger partial charge in [0.05, 0.1) is 4.90 Å². The minimum atomic E-state index is -3.86. The van der Waals surface area contributed by atoms with Gasteiger partial charge in [-0.05, 0) is 42.8 Å². The van der Waals surface area contributed by atoms with Gasteiger partial charge in [0, 0.05) is 0 Å². The Hall–Kier alpha value is -3.09. The van der Waals surface area contributed by atoms with E-state index in [-0.39, 0.29) is 16.4 Å². The number of nitriles is 2. The van der Waals surface area contributed by atoms with Gasteiger partial charge in [-0.2, -0.15) is 10.5 Å². The Balaban J connectivity index is 2.33. The molecule has 0 aliphatic carbocycles. The van der Waals surface area contributed by atoms with Crippen LogP contribution in [0.25, 0.3) is 6.08 Å². The SMILES string of the molecule is Cc1ccc(S(=O)(=O)/C(C#N)=C/c2ccc(OCC#N)cc2)cc1. The zero-order valence-electron chi connectivity index (χ0n) is 12.9. The van der Waals surface area contributed by atoms with E-state index in [4.69, 9.17) is 10.00 Å². The van der Waals surface area contributed by atoms with Gasteiger partial charge in [0.2, 0.25) is 9.84 Å². The molecule has 0 N–H and O–H groups in total. The predicted molar refractivity (Wildman–Crippen MR) is 89.5 cm³/mol. The van der Waals surface area contributed by atoms with Crippen LogP contribution in [0.5, 0.6) is 5.75 Å². The quantitative estimate of drug-likeness (QED) is 0.781. The Morgan fingerprint density at radius 1 is 1.08 bits per heavy atom. The van der Waals surface area contributed by atoms with Crippen molar-refractivity contribution in [3.05, 3.63) is 64.6 Å². The van der Waals surface area contributed by atoms with Crippen molar-refractivity contribution in [1.82, 2.24) is 0 Å². The number of benzene rings is 2. The lowest BCUT2D eigenvalue weighted by Gasteiger charge is -2.05. The highest BCUT2D eigenvalue weighted by molar-refractivity contribution is 7.95. The number of hydrogen-bond acceptors (Lipinski definition) is 5. The summed E-state index contributed by atoms with van der Waals surface area (Å²) in [7, 11) is -3.86. The normalized spacial score (nSPS) is 11.4. The number of rotatable bonds is 5. The van der Waals surface area contributed by atoms with E-state index in [0.717, 1.165) is 5.56 Å². The molecule has 0 saturated heterocycles. The molecule has 0 fully saturated rings. The molecule has 0 bridgehead atoms. The van der Waals surface area contributed by atoms with Crippen molar-refractivity contribution in [2.24, 2.45) is 0 Å². The minimum absolute atomic E-state index is 0.0690. The Kier molecular flexibility index (Phi) is 5.36. The number of allylic oxidation sites excluding steroid dienone is 1. The number of hydrogen-bond donors (Lipinski definition) is 0. The summed E-state index contributed by atoms with van der Waals surface area (Å²) in [4.78, 5) is -0.257. The molecule has 0 aromatic heterocycles. The van der Waals surface area contributed by atoms with E-state index in [1.807, 2.05) is 13.0 Å².